The fraction of sp³-hybridized carbons (Fsp3) is 0.267. The summed E-state index contributed by atoms with van der Waals surface area (Å²) in [5.41, 5.74) is 2.02. The van der Waals surface area contributed by atoms with Crippen molar-refractivity contribution in [2.75, 3.05) is 13.7 Å². The van der Waals surface area contributed by atoms with Gasteiger partial charge in [-0.3, -0.25) is 14.8 Å². The topological polar surface area (TPSA) is 64.1 Å². The summed E-state index contributed by atoms with van der Waals surface area (Å²) in [4.78, 5) is 20.6. The molecule has 2 rings (SSSR count). The molecule has 1 atom stereocenters. The maximum Gasteiger partial charge on any atom is 0.270 e. The highest BCUT2D eigenvalue weighted by Gasteiger charge is 2.18. The van der Waals surface area contributed by atoms with Gasteiger partial charge in [0.05, 0.1) is 18.3 Å². The highest BCUT2D eigenvalue weighted by atomic mass is 16.5. The van der Waals surface area contributed by atoms with Crippen LogP contribution in [0, 0.1) is 6.92 Å². The number of carbonyl (C=O) groups is 1. The first-order valence-electron chi connectivity index (χ1n) is 6.34. The Morgan fingerprint density at radius 2 is 2.05 bits per heavy atom. The smallest absolute Gasteiger partial charge is 0.270 e. The van der Waals surface area contributed by atoms with Crippen molar-refractivity contribution in [1.29, 1.82) is 0 Å². The zero-order valence-electron chi connectivity index (χ0n) is 11.5. The molecule has 0 aliphatic rings. The maximum atomic E-state index is 12.3. The van der Waals surface area contributed by atoms with E-state index in [1.165, 1.54) is 0 Å². The Morgan fingerprint density at radius 3 is 2.70 bits per heavy atom. The molecule has 20 heavy (non-hydrogen) atoms. The quantitative estimate of drug-likeness (QED) is 0.902. The molecule has 5 nitrogen and oxygen atoms in total. The number of pyridine rings is 2. The SMILES string of the molecule is COCC(NC(=O)c1ncccc1C)c1ccccn1. The van der Waals surface area contributed by atoms with Gasteiger partial charge in [0.25, 0.3) is 5.91 Å². The molecule has 0 aromatic carbocycles. The van der Waals surface area contributed by atoms with Crippen molar-refractivity contribution in [2.24, 2.45) is 0 Å². The van der Waals surface area contributed by atoms with Crippen molar-refractivity contribution in [3.05, 3.63) is 59.7 Å². The number of hydrogen-bond donors (Lipinski definition) is 1. The van der Waals surface area contributed by atoms with E-state index in [9.17, 15) is 4.79 Å². The van der Waals surface area contributed by atoms with E-state index in [4.69, 9.17) is 4.74 Å². The number of aromatic nitrogens is 2. The summed E-state index contributed by atoms with van der Waals surface area (Å²) in [6.07, 6.45) is 3.30. The summed E-state index contributed by atoms with van der Waals surface area (Å²) in [6, 6.07) is 8.93. The van der Waals surface area contributed by atoms with Gasteiger partial charge in [0, 0.05) is 19.5 Å². The summed E-state index contributed by atoms with van der Waals surface area (Å²) < 4.78 is 5.15. The van der Waals surface area contributed by atoms with Gasteiger partial charge in [-0.1, -0.05) is 12.1 Å². The molecule has 1 N–H and O–H groups in total. The number of nitrogens with one attached hydrogen (secondary N) is 1. The van der Waals surface area contributed by atoms with E-state index in [0.29, 0.717) is 12.3 Å². The van der Waals surface area contributed by atoms with Crippen LogP contribution >= 0.6 is 0 Å². The van der Waals surface area contributed by atoms with Crippen LogP contribution in [0.15, 0.2) is 42.7 Å². The van der Waals surface area contributed by atoms with Gasteiger partial charge in [-0.05, 0) is 30.7 Å². The molecule has 1 amide bonds. The van der Waals surface area contributed by atoms with Crippen molar-refractivity contribution in [2.45, 2.75) is 13.0 Å². The lowest BCUT2D eigenvalue weighted by Gasteiger charge is -2.17. The van der Waals surface area contributed by atoms with Crippen LogP contribution in [0.3, 0.4) is 0 Å². The fourth-order valence-electron chi connectivity index (χ4n) is 1.90. The molecular weight excluding hydrogens is 254 g/mol. The number of amides is 1. The Balaban J connectivity index is 2.17. The molecule has 1 unspecified atom stereocenters. The Morgan fingerprint density at radius 1 is 1.25 bits per heavy atom. The monoisotopic (exact) mass is 271 g/mol. The third kappa shape index (κ3) is 3.39. The third-order valence-corrected chi connectivity index (χ3v) is 2.91. The minimum atomic E-state index is -0.296. The lowest BCUT2D eigenvalue weighted by atomic mass is 10.1. The molecule has 0 saturated carbocycles. The van der Waals surface area contributed by atoms with Crippen molar-refractivity contribution in [1.82, 2.24) is 15.3 Å². The molecular formula is C15H17N3O2. The number of rotatable bonds is 5. The number of carbonyl (C=O) groups excluding carboxylic acids is 1. The van der Waals surface area contributed by atoms with E-state index in [1.807, 2.05) is 31.2 Å². The van der Waals surface area contributed by atoms with Crippen LogP contribution in [0.1, 0.15) is 27.8 Å². The zero-order chi connectivity index (χ0) is 14.4. The van der Waals surface area contributed by atoms with Crippen LogP contribution in [0.25, 0.3) is 0 Å². The number of nitrogens with zero attached hydrogens (tertiary/aromatic N) is 2. The van der Waals surface area contributed by atoms with Crippen molar-refractivity contribution < 1.29 is 9.53 Å². The van der Waals surface area contributed by atoms with E-state index in [0.717, 1.165) is 11.3 Å². The average molecular weight is 271 g/mol. The van der Waals surface area contributed by atoms with E-state index in [1.54, 1.807) is 25.6 Å². The number of hydrogen-bond acceptors (Lipinski definition) is 4. The van der Waals surface area contributed by atoms with Crippen molar-refractivity contribution in [3.8, 4) is 0 Å². The van der Waals surface area contributed by atoms with Crippen molar-refractivity contribution in [3.63, 3.8) is 0 Å². The molecule has 0 fully saturated rings. The zero-order valence-corrected chi connectivity index (χ0v) is 11.5. The first-order chi connectivity index (χ1) is 9.72. The highest BCUT2D eigenvalue weighted by Crippen LogP contribution is 2.12. The summed E-state index contributed by atoms with van der Waals surface area (Å²) >= 11 is 0. The van der Waals surface area contributed by atoms with E-state index in [-0.39, 0.29) is 11.9 Å². The molecule has 0 radical (unpaired) electrons. The maximum absolute atomic E-state index is 12.3. The predicted molar refractivity (Wildman–Crippen MR) is 75.3 cm³/mol. The first kappa shape index (κ1) is 14.1. The molecule has 2 aromatic heterocycles. The Hall–Kier alpha value is -2.27. The van der Waals surface area contributed by atoms with Gasteiger partial charge in [0.15, 0.2) is 0 Å². The molecule has 2 aromatic rings. The van der Waals surface area contributed by atoms with E-state index in [2.05, 4.69) is 15.3 Å². The van der Waals surface area contributed by atoms with Crippen LogP contribution in [0.4, 0.5) is 0 Å². The van der Waals surface area contributed by atoms with Gasteiger partial charge in [0.2, 0.25) is 0 Å². The molecule has 5 heteroatoms. The second-order valence-electron chi connectivity index (χ2n) is 4.40. The fourth-order valence-corrected chi connectivity index (χ4v) is 1.90. The largest absolute Gasteiger partial charge is 0.382 e. The molecule has 104 valence electrons. The van der Waals surface area contributed by atoms with Gasteiger partial charge in [0.1, 0.15) is 5.69 Å². The summed E-state index contributed by atoms with van der Waals surface area (Å²) in [6.45, 7) is 2.21. The summed E-state index contributed by atoms with van der Waals surface area (Å²) in [7, 11) is 1.59. The van der Waals surface area contributed by atoms with E-state index < -0.39 is 0 Å². The van der Waals surface area contributed by atoms with Crippen LogP contribution in [-0.4, -0.2) is 29.6 Å². The van der Waals surface area contributed by atoms with E-state index >= 15 is 0 Å². The Labute approximate surface area is 118 Å². The molecule has 0 spiro atoms. The Bertz CT molecular complexity index is 572. The summed E-state index contributed by atoms with van der Waals surface area (Å²) in [5.74, 6) is -0.226. The average Bonchev–Trinajstić information content (AvgIpc) is 2.48. The minimum Gasteiger partial charge on any atom is -0.382 e. The molecule has 0 aliphatic carbocycles. The van der Waals surface area contributed by atoms with Gasteiger partial charge in [-0.2, -0.15) is 0 Å². The minimum absolute atomic E-state index is 0.226. The lowest BCUT2D eigenvalue weighted by molar-refractivity contribution is 0.0888. The second-order valence-corrected chi connectivity index (χ2v) is 4.40. The molecule has 0 aliphatic heterocycles. The van der Waals surface area contributed by atoms with Crippen LogP contribution in [0.5, 0.6) is 0 Å². The molecule has 0 saturated heterocycles. The summed E-state index contributed by atoms with van der Waals surface area (Å²) in [5, 5.41) is 2.90. The molecule has 0 bridgehead atoms. The van der Waals surface area contributed by atoms with Crippen LogP contribution in [0.2, 0.25) is 0 Å². The Kier molecular flexibility index (Phi) is 4.79. The normalized spacial score (nSPS) is 11.9. The van der Waals surface area contributed by atoms with Crippen LogP contribution < -0.4 is 5.32 Å². The lowest BCUT2D eigenvalue weighted by Crippen LogP contribution is -2.32. The molecule has 2 heterocycles. The predicted octanol–water partition coefficient (Wildman–Crippen LogP) is 1.90. The van der Waals surface area contributed by atoms with Gasteiger partial charge in [-0.25, -0.2) is 0 Å². The van der Waals surface area contributed by atoms with Crippen molar-refractivity contribution >= 4 is 5.91 Å². The third-order valence-electron chi connectivity index (χ3n) is 2.91. The van der Waals surface area contributed by atoms with Gasteiger partial charge < -0.3 is 10.1 Å². The van der Waals surface area contributed by atoms with Crippen LogP contribution in [-0.2, 0) is 4.74 Å². The van der Waals surface area contributed by atoms with Gasteiger partial charge in [-0.15, -0.1) is 0 Å². The highest BCUT2D eigenvalue weighted by molar-refractivity contribution is 5.93. The second kappa shape index (κ2) is 6.77. The number of ether oxygens (including phenoxy) is 1. The number of methoxy groups -OCH3 is 1. The number of aryl methyl sites for hydroxylation is 1. The standard InChI is InChI=1S/C15H17N3O2/c1-11-6-5-9-17-14(11)15(19)18-13(10-20-2)12-7-3-4-8-16-12/h3-9,13H,10H2,1-2H3,(H,18,19). The first-order valence-corrected chi connectivity index (χ1v) is 6.34. The van der Waals surface area contributed by atoms with Gasteiger partial charge >= 0.3 is 0 Å².